The van der Waals surface area contributed by atoms with Gasteiger partial charge in [-0.2, -0.15) is 5.26 Å². The summed E-state index contributed by atoms with van der Waals surface area (Å²) in [5.41, 5.74) is 2.27. The summed E-state index contributed by atoms with van der Waals surface area (Å²) in [6.07, 6.45) is 0.179. The summed E-state index contributed by atoms with van der Waals surface area (Å²) in [7, 11) is 1.62. The lowest BCUT2D eigenvalue weighted by atomic mass is 10.1. The molecule has 0 bridgehead atoms. The first-order chi connectivity index (χ1) is 14.0. The summed E-state index contributed by atoms with van der Waals surface area (Å²) in [5, 5.41) is 14.0. The van der Waals surface area contributed by atoms with E-state index in [9.17, 15) is 19.6 Å². The van der Waals surface area contributed by atoms with Gasteiger partial charge in [-0.1, -0.05) is 0 Å². The molecule has 0 radical (unpaired) electrons. The van der Waals surface area contributed by atoms with Crippen LogP contribution >= 0.6 is 0 Å². The Morgan fingerprint density at radius 1 is 1.23 bits per heavy atom. The van der Waals surface area contributed by atoms with Crippen molar-refractivity contribution in [1.82, 2.24) is 15.2 Å². The van der Waals surface area contributed by atoms with E-state index in [0.29, 0.717) is 12.2 Å². The fourth-order valence-electron chi connectivity index (χ4n) is 3.02. The number of nitrogens with one attached hydrogen (secondary N) is 2. The third kappa shape index (κ3) is 6.74. The number of hydrogen-bond donors (Lipinski definition) is 2. The predicted octanol–water partition coefficient (Wildman–Crippen LogP) is 2.39. The van der Waals surface area contributed by atoms with E-state index >= 15 is 0 Å². The van der Waals surface area contributed by atoms with Gasteiger partial charge in [-0.15, -0.1) is 0 Å². The quantitative estimate of drug-likeness (QED) is 0.380. The minimum atomic E-state index is -1.25. The largest absolute Gasteiger partial charge is 0.448 e. The van der Waals surface area contributed by atoms with Crippen molar-refractivity contribution in [3.05, 3.63) is 28.6 Å². The number of esters is 1. The second kappa shape index (κ2) is 11.2. The third-order valence-electron chi connectivity index (χ3n) is 4.32. The third-order valence-corrected chi connectivity index (χ3v) is 4.32. The molecule has 0 saturated carbocycles. The van der Waals surface area contributed by atoms with E-state index in [1.165, 1.54) is 13.0 Å². The number of carbonyl (C=O) groups excluding carboxylic acids is 3. The normalized spacial score (nSPS) is 13.4. The number of nitriles is 1. The van der Waals surface area contributed by atoms with Gasteiger partial charge in [0.25, 0.3) is 5.91 Å². The van der Waals surface area contributed by atoms with Crippen molar-refractivity contribution in [2.75, 3.05) is 13.7 Å². The summed E-state index contributed by atoms with van der Waals surface area (Å²) < 4.78 is 12.3. The maximum Gasteiger partial charge on any atom is 0.349 e. The number of hydrogen-bond acceptors (Lipinski definition) is 6. The van der Waals surface area contributed by atoms with Crippen molar-refractivity contribution in [2.45, 2.75) is 59.7 Å². The molecular weight excluding hydrogens is 388 g/mol. The van der Waals surface area contributed by atoms with E-state index in [4.69, 9.17) is 9.47 Å². The molecule has 3 amide bonds. The highest BCUT2D eigenvalue weighted by Gasteiger charge is 2.23. The maximum atomic E-state index is 12.4. The average Bonchev–Trinajstić information content (AvgIpc) is 2.92. The average molecular weight is 418 g/mol. The molecule has 0 aromatic carbocycles. The highest BCUT2D eigenvalue weighted by atomic mass is 16.5. The lowest BCUT2D eigenvalue weighted by molar-refractivity contribution is -0.150. The van der Waals surface area contributed by atoms with Crippen LogP contribution in [-0.2, 0) is 19.1 Å². The number of methoxy groups -OCH3 is 1. The van der Waals surface area contributed by atoms with Crippen molar-refractivity contribution in [1.29, 1.82) is 5.26 Å². The Hall–Kier alpha value is -3.12. The van der Waals surface area contributed by atoms with Crippen molar-refractivity contribution >= 4 is 24.0 Å². The number of ether oxygens (including phenoxy) is 2. The van der Waals surface area contributed by atoms with Crippen LogP contribution in [0.5, 0.6) is 0 Å². The summed E-state index contributed by atoms with van der Waals surface area (Å²) >= 11 is 0. The topological polar surface area (TPSA) is 122 Å². The van der Waals surface area contributed by atoms with Crippen LogP contribution in [0.1, 0.15) is 50.7 Å². The first kappa shape index (κ1) is 24.9. The number of aromatic nitrogens is 1. The molecule has 0 aliphatic heterocycles. The summed E-state index contributed by atoms with van der Waals surface area (Å²) in [5.74, 6) is -1.73. The Labute approximate surface area is 177 Å². The zero-order valence-corrected chi connectivity index (χ0v) is 18.5. The molecule has 30 heavy (non-hydrogen) atoms. The van der Waals surface area contributed by atoms with Gasteiger partial charge in [0.1, 0.15) is 11.6 Å². The second-order valence-electron chi connectivity index (χ2n) is 7.34. The zero-order valence-electron chi connectivity index (χ0n) is 18.5. The number of nitrogens with zero attached hydrogens (tertiary/aromatic N) is 2. The summed E-state index contributed by atoms with van der Waals surface area (Å²) in [6, 6.07) is 2.91. The fourth-order valence-corrected chi connectivity index (χ4v) is 3.02. The molecule has 0 saturated heterocycles. The van der Waals surface area contributed by atoms with Gasteiger partial charge in [0.2, 0.25) is 0 Å². The molecule has 1 aromatic rings. The molecule has 0 aliphatic carbocycles. The Balaban J connectivity index is 2.95. The van der Waals surface area contributed by atoms with E-state index in [1.807, 2.05) is 32.9 Å². The number of aryl methyl sites for hydroxylation is 1. The molecule has 2 N–H and O–H groups in total. The summed E-state index contributed by atoms with van der Waals surface area (Å²) in [6.45, 7) is 11.1. The van der Waals surface area contributed by atoms with Crippen molar-refractivity contribution < 1.29 is 23.9 Å². The SMILES string of the molecule is COC[C@@H](C)n1c(C)cc(/C=C(\C#N)C(=O)O[C@H](C)C(=O)NC(=O)NC(C)C)c1C. The van der Waals surface area contributed by atoms with Crippen LogP contribution < -0.4 is 10.6 Å². The molecule has 2 atom stereocenters. The standard InChI is InChI=1S/C21H30N4O5/c1-12(2)23-21(28)24-19(26)16(6)30-20(27)18(10-22)9-17-8-13(3)25(15(17)5)14(4)11-29-7/h8-9,12,14,16H,11H2,1-7H3,(H2,23,24,26,28)/b18-9+/t14-,16-/m1/s1. The van der Waals surface area contributed by atoms with Crippen LogP contribution in [0.25, 0.3) is 6.08 Å². The zero-order chi connectivity index (χ0) is 23.0. The molecule has 1 rings (SSSR count). The number of amides is 3. The highest BCUT2D eigenvalue weighted by Crippen LogP contribution is 2.23. The maximum absolute atomic E-state index is 12.4. The molecule has 0 aliphatic rings. The van der Waals surface area contributed by atoms with Gasteiger partial charge in [0.05, 0.1) is 12.6 Å². The second-order valence-corrected chi connectivity index (χ2v) is 7.34. The van der Waals surface area contributed by atoms with E-state index < -0.39 is 24.0 Å². The number of rotatable bonds is 8. The van der Waals surface area contributed by atoms with Gasteiger partial charge in [0, 0.05) is 24.5 Å². The van der Waals surface area contributed by atoms with Gasteiger partial charge < -0.3 is 19.4 Å². The van der Waals surface area contributed by atoms with Gasteiger partial charge >= 0.3 is 12.0 Å². The Morgan fingerprint density at radius 3 is 2.40 bits per heavy atom. The van der Waals surface area contributed by atoms with Crippen LogP contribution in [0.15, 0.2) is 11.6 Å². The van der Waals surface area contributed by atoms with Gasteiger partial charge in [0.15, 0.2) is 6.10 Å². The van der Waals surface area contributed by atoms with E-state index in [2.05, 4.69) is 15.2 Å². The van der Waals surface area contributed by atoms with E-state index in [-0.39, 0.29) is 17.7 Å². The number of urea groups is 1. The Kier molecular flexibility index (Phi) is 9.27. The highest BCUT2D eigenvalue weighted by molar-refractivity contribution is 6.01. The molecule has 1 aromatic heterocycles. The molecule has 0 spiro atoms. The van der Waals surface area contributed by atoms with Crippen molar-refractivity contribution in [3.63, 3.8) is 0 Å². The van der Waals surface area contributed by atoms with Crippen molar-refractivity contribution in [3.8, 4) is 6.07 Å². The van der Waals surface area contributed by atoms with E-state index in [1.54, 1.807) is 21.0 Å². The van der Waals surface area contributed by atoms with Gasteiger partial charge in [-0.05, 0) is 59.2 Å². The lowest BCUT2D eigenvalue weighted by Crippen LogP contribution is -2.46. The molecule has 9 heteroatoms. The smallest absolute Gasteiger partial charge is 0.349 e. The van der Waals surface area contributed by atoms with Crippen LogP contribution in [-0.4, -0.2) is 48.3 Å². The first-order valence-corrected chi connectivity index (χ1v) is 9.63. The predicted molar refractivity (Wildman–Crippen MR) is 111 cm³/mol. The van der Waals surface area contributed by atoms with Crippen LogP contribution in [0, 0.1) is 25.2 Å². The van der Waals surface area contributed by atoms with Crippen LogP contribution in [0.2, 0.25) is 0 Å². The Bertz CT molecular complexity index is 863. The molecule has 9 nitrogen and oxygen atoms in total. The van der Waals surface area contributed by atoms with E-state index in [0.717, 1.165) is 11.4 Å². The molecule has 0 fully saturated rings. The van der Waals surface area contributed by atoms with Crippen LogP contribution in [0.3, 0.4) is 0 Å². The number of carbonyl (C=O) groups is 3. The lowest BCUT2D eigenvalue weighted by Gasteiger charge is -2.17. The monoisotopic (exact) mass is 418 g/mol. The molecule has 1 heterocycles. The van der Waals surface area contributed by atoms with Gasteiger partial charge in [-0.25, -0.2) is 9.59 Å². The molecular formula is C21H30N4O5. The van der Waals surface area contributed by atoms with Crippen molar-refractivity contribution in [2.24, 2.45) is 0 Å². The minimum Gasteiger partial charge on any atom is -0.448 e. The first-order valence-electron chi connectivity index (χ1n) is 9.63. The Morgan fingerprint density at radius 2 is 1.87 bits per heavy atom. The minimum absolute atomic E-state index is 0.0790. The number of imide groups is 1. The molecule has 164 valence electrons. The van der Waals surface area contributed by atoms with Crippen LogP contribution in [0.4, 0.5) is 4.79 Å². The summed E-state index contributed by atoms with van der Waals surface area (Å²) in [4.78, 5) is 36.0. The molecule has 0 unspecified atom stereocenters. The van der Waals surface area contributed by atoms with Gasteiger partial charge in [-0.3, -0.25) is 10.1 Å². The fraction of sp³-hybridized carbons (Fsp3) is 0.524.